The van der Waals surface area contributed by atoms with Crippen LogP contribution < -0.4 is 10.6 Å². The molecule has 6 nitrogen and oxygen atoms in total. The molecule has 0 spiro atoms. The zero-order chi connectivity index (χ0) is 13.9. The SMILES string of the molecule is CCc1nc(NC)cc(NC2CCCS(=O)(=O)C2)n1. The van der Waals surface area contributed by atoms with Crippen LogP contribution >= 0.6 is 0 Å². The van der Waals surface area contributed by atoms with Gasteiger partial charge in [-0.15, -0.1) is 0 Å². The summed E-state index contributed by atoms with van der Waals surface area (Å²) in [6.45, 7) is 1.99. The highest BCUT2D eigenvalue weighted by Gasteiger charge is 2.24. The zero-order valence-corrected chi connectivity index (χ0v) is 12.1. The summed E-state index contributed by atoms with van der Waals surface area (Å²) in [5, 5.41) is 6.20. The Labute approximate surface area is 114 Å². The number of rotatable bonds is 4. The van der Waals surface area contributed by atoms with E-state index in [1.807, 2.05) is 6.92 Å². The van der Waals surface area contributed by atoms with E-state index in [1.165, 1.54) is 0 Å². The van der Waals surface area contributed by atoms with Gasteiger partial charge in [-0.05, 0) is 12.8 Å². The van der Waals surface area contributed by atoms with Crippen LogP contribution in [0.3, 0.4) is 0 Å². The monoisotopic (exact) mass is 284 g/mol. The van der Waals surface area contributed by atoms with Gasteiger partial charge < -0.3 is 10.6 Å². The van der Waals surface area contributed by atoms with Crippen molar-refractivity contribution in [2.45, 2.75) is 32.2 Å². The summed E-state index contributed by atoms with van der Waals surface area (Å²) in [4.78, 5) is 8.70. The molecule has 0 aliphatic carbocycles. The maximum atomic E-state index is 11.6. The average molecular weight is 284 g/mol. The molecule has 2 heterocycles. The fraction of sp³-hybridized carbons (Fsp3) is 0.667. The largest absolute Gasteiger partial charge is 0.373 e. The van der Waals surface area contributed by atoms with Crippen molar-refractivity contribution in [2.75, 3.05) is 29.2 Å². The Hall–Kier alpha value is -1.37. The van der Waals surface area contributed by atoms with E-state index in [4.69, 9.17) is 0 Å². The first-order valence-electron chi connectivity index (χ1n) is 6.55. The van der Waals surface area contributed by atoms with Gasteiger partial charge >= 0.3 is 0 Å². The van der Waals surface area contributed by atoms with E-state index in [1.54, 1.807) is 13.1 Å². The summed E-state index contributed by atoms with van der Waals surface area (Å²) >= 11 is 0. The third-order valence-corrected chi connectivity index (χ3v) is 4.98. The quantitative estimate of drug-likeness (QED) is 0.860. The molecule has 0 aromatic carbocycles. The number of hydrogen-bond donors (Lipinski definition) is 2. The van der Waals surface area contributed by atoms with Gasteiger partial charge in [0.1, 0.15) is 17.5 Å². The van der Waals surface area contributed by atoms with Crippen LogP contribution in [0.5, 0.6) is 0 Å². The highest BCUT2D eigenvalue weighted by molar-refractivity contribution is 7.91. The summed E-state index contributed by atoms with van der Waals surface area (Å²) in [5.74, 6) is 2.67. The predicted octanol–water partition coefficient (Wildman–Crippen LogP) is 1.07. The molecule has 1 fully saturated rings. The van der Waals surface area contributed by atoms with Gasteiger partial charge in [-0.2, -0.15) is 0 Å². The topological polar surface area (TPSA) is 84.0 Å². The van der Waals surface area contributed by atoms with E-state index >= 15 is 0 Å². The van der Waals surface area contributed by atoms with Gasteiger partial charge in [-0.25, -0.2) is 18.4 Å². The highest BCUT2D eigenvalue weighted by Crippen LogP contribution is 2.18. The van der Waals surface area contributed by atoms with Crippen molar-refractivity contribution in [2.24, 2.45) is 0 Å². The standard InChI is InChI=1S/C12H20N4O2S/c1-3-10-15-11(13-2)7-12(16-10)14-9-5-4-6-19(17,18)8-9/h7,9H,3-6,8H2,1-2H3,(H2,13,14,15,16). The number of anilines is 2. The normalized spacial score (nSPS) is 21.9. The number of nitrogens with one attached hydrogen (secondary N) is 2. The summed E-state index contributed by atoms with van der Waals surface area (Å²) in [7, 11) is -1.10. The van der Waals surface area contributed by atoms with Crippen LogP contribution in [0.2, 0.25) is 0 Å². The van der Waals surface area contributed by atoms with E-state index in [2.05, 4.69) is 20.6 Å². The summed E-state index contributed by atoms with van der Waals surface area (Å²) < 4.78 is 23.2. The van der Waals surface area contributed by atoms with Crippen molar-refractivity contribution in [3.63, 3.8) is 0 Å². The molecular formula is C12H20N4O2S. The van der Waals surface area contributed by atoms with Crippen LogP contribution in [0.4, 0.5) is 11.6 Å². The molecule has 7 heteroatoms. The number of sulfone groups is 1. The molecule has 1 aromatic rings. The zero-order valence-electron chi connectivity index (χ0n) is 11.3. The maximum absolute atomic E-state index is 11.6. The highest BCUT2D eigenvalue weighted by atomic mass is 32.2. The molecule has 1 atom stereocenters. The summed E-state index contributed by atoms with van der Waals surface area (Å²) in [5.41, 5.74) is 0. The van der Waals surface area contributed by atoms with Gasteiger partial charge in [0, 0.05) is 25.6 Å². The predicted molar refractivity (Wildman–Crippen MR) is 76.3 cm³/mol. The first-order valence-corrected chi connectivity index (χ1v) is 8.37. The van der Waals surface area contributed by atoms with E-state index < -0.39 is 9.84 Å². The molecule has 1 aromatic heterocycles. The third-order valence-electron chi connectivity index (χ3n) is 3.16. The van der Waals surface area contributed by atoms with Crippen molar-refractivity contribution in [3.8, 4) is 0 Å². The molecule has 2 rings (SSSR count). The first kappa shape index (κ1) is 14.0. The lowest BCUT2D eigenvalue weighted by atomic mass is 10.2. The molecule has 1 aliphatic rings. The molecule has 0 amide bonds. The summed E-state index contributed by atoms with van der Waals surface area (Å²) in [6, 6.07) is 1.75. The second-order valence-corrected chi connectivity index (χ2v) is 6.98. The molecule has 19 heavy (non-hydrogen) atoms. The molecule has 106 valence electrons. The molecule has 1 aliphatic heterocycles. The number of aryl methyl sites for hydroxylation is 1. The molecular weight excluding hydrogens is 264 g/mol. The van der Waals surface area contributed by atoms with Crippen LogP contribution in [-0.4, -0.2) is 43.0 Å². The van der Waals surface area contributed by atoms with Crippen LogP contribution in [0.1, 0.15) is 25.6 Å². The van der Waals surface area contributed by atoms with Crippen LogP contribution in [0.15, 0.2) is 6.07 Å². The molecule has 2 N–H and O–H groups in total. The van der Waals surface area contributed by atoms with E-state index in [-0.39, 0.29) is 11.8 Å². The Bertz CT molecular complexity index is 522. The Morgan fingerprint density at radius 3 is 2.74 bits per heavy atom. The molecule has 1 saturated heterocycles. The number of aromatic nitrogens is 2. The minimum Gasteiger partial charge on any atom is -0.373 e. The van der Waals surface area contributed by atoms with E-state index in [0.29, 0.717) is 18.0 Å². The molecule has 1 unspecified atom stereocenters. The maximum Gasteiger partial charge on any atom is 0.152 e. The van der Waals surface area contributed by atoms with E-state index in [9.17, 15) is 8.42 Å². The Morgan fingerprint density at radius 1 is 1.37 bits per heavy atom. The van der Waals surface area contributed by atoms with Crippen LogP contribution in [-0.2, 0) is 16.3 Å². The second kappa shape index (κ2) is 5.73. The molecule has 0 radical (unpaired) electrons. The van der Waals surface area contributed by atoms with Crippen molar-refractivity contribution in [1.82, 2.24) is 9.97 Å². The van der Waals surface area contributed by atoms with Gasteiger partial charge in [0.15, 0.2) is 9.84 Å². The van der Waals surface area contributed by atoms with Crippen molar-refractivity contribution in [1.29, 1.82) is 0 Å². The van der Waals surface area contributed by atoms with Gasteiger partial charge in [-0.3, -0.25) is 0 Å². The minimum atomic E-state index is -2.90. The fourth-order valence-electron chi connectivity index (χ4n) is 2.20. The lowest BCUT2D eigenvalue weighted by Gasteiger charge is -2.23. The minimum absolute atomic E-state index is 0.0527. The smallest absolute Gasteiger partial charge is 0.152 e. The third kappa shape index (κ3) is 3.79. The number of hydrogen-bond acceptors (Lipinski definition) is 6. The van der Waals surface area contributed by atoms with Crippen LogP contribution in [0.25, 0.3) is 0 Å². The second-order valence-electron chi connectivity index (χ2n) is 4.76. The first-order chi connectivity index (χ1) is 9.02. The molecule has 0 saturated carbocycles. The fourth-order valence-corrected chi connectivity index (χ4v) is 3.84. The summed E-state index contributed by atoms with van der Waals surface area (Å²) in [6.07, 6.45) is 2.32. The van der Waals surface area contributed by atoms with Crippen LogP contribution in [0, 0.1) is 0 Å². The lowest BCUT2D eigenvalue weighted by molar-refractivity contribution is 0.561. The Kier molecular flexibility index (Phi) is 4.24. The lowest BCUT2D eigenvalue weighted by Crippen LogP contribution is -2.35. The van der Waals surface area contributed by atoms with E-state index in [0.717, 1.165) is 24.5 Å². The van der Waals surface area contributed by atoms with Crippen molar-refractivity contribution in [3.05, 3.63) is 11.9 Å². The van der Waals surface area contributed by atoms with Crippen molar-refractivity contribution < 1.29 is 8.42 Å². The average Bonchev–Trinajstić information content (AvgIpc) is 2.37. The van der Waals surface area contributed by atoms with Gasteiger partial charge in [0.25, 0.3) is 0 Å². The van der Waals surface area contributed by atoms with Crippen molar-refractivity contribution >= 4 is 21.5 Å². The Morgan fingerprint density at radius 2 is 2.11 bits per heavy atom. The number of nitrogens with zero attached hydrogens (tertiary/aromatic N) is 2. The van der Waals surface area contributed by atoms with Gasteiger partial charge in [-0.1, -0.05) is 6.92 Å². The Balaban J connectivity index is 2.14. The van der Waals surface area contributed by atoms with Gasteiger partial charge in [0.05, 0.1) is 11.5 Å². The van der Waals surface area contributed by atoms with Gasteiger partial charge in [0.2, 0.25) is 0 Å². The molecule has 0 bridgehead atoms.